The summed E-state index contributed by atoms with van der Waals surface area (Å²) in [4.78, 5) is 33.5. The third-order valence-electron chi connectivity index (χ3n) is 6.14. The molecule has 1 N–H and O–H groups in total. The molecule has 0 unspecified atom stereocenters. The largest absolute Gasteiger partial charge is 0.467 e. The summed E-state index contributed by atoms with van der Waals surface area (Å²) in [6.45, 7) is 1.03. The molecular weight excluding hydrogens is 490 g/mol. The molecule has 0 spiro atoms. The van der Waals surface area contributed by atoms with Gasteiger partial charge in [-0.15, -0.1) is 0 Å². The Balaban J connectivity index is 1.62. The molecule has 192 valence electrons. The van der Waals surface area contributed by atoms with Crippen molar-refractivity contribution in [1.29, 1.82) is 5.26 Å². The highest BCUT2D eigenvalue weighted by Gasteiger charge is 2.21. The number of pyridine rings is 1. The summed E-state index contributed by atoms with van der Waals surface area (Å²) in [5.74, 6) is 0.311. The number of benzene rings is 2. The van der Waals surface area contributed by atoms with E-state index in [0.29, 0.717) is 30.3 Å². The van der Waals surface area contributed by atoms with Crippen molar-refractivity contribution in [3.05, 3.63) is 142 Å². The third kappa shape index (κ3) is 5.95. The fourth-order valence-corrected chi connectivity index (χ4v) is 4.24. The van der Waals surface area contributed by atoms with E-state index in [2.05, 4.69) is 5.32 Å². The van der Waals surface area contributed by atoms with E-state index in [1.165, 1.54) is 16.7 Å². The number of aromatic nitrogens is 2. The average molecular weight is 516 g/mol. The lowest BCUT2D eigenvalue weighted by atomic mass is 10.1. The zero-order valence-corrected chi connectivity index (χ0v) is 21.0. The number of anilines is 1. The summed E-state index contributed by atoms with van der Waals surface area (Å²) in [7, 11) is 0. The van der Waals surface area contributed by atoms with Gasteiger partial charge in [0.15, 0.2) is 0 Å². The van der Waals surface area contributed by atoms with Gasteiger partial charge in [0.05, 0.1) is 18.4 Å². The molecule has 3 aromatic heterocycles. The monoisotopic (exact) mass is 515 g/mol. The smallest absolute Gasteiger partial charge is 0.267 e. The summed E-state index contributed by atoms with van der Waals surface area (Å²) >= 11 is 0. The van der Waals surface area contributed by atoms with Crippen LogP contribution < -0.4 is 15.8 Å². The van der Waals surface area contributed by atoms with Gasteiger partial charge in [-0.3, -0.25) is 14.0 Å². The Morgan fingerprint density at radius 2 is 1.62 bits per heavy atom. The van der Waals surface area contributed by atoms with Gasteiger partial charge >= 0.3 is 0 Å². The second-order valence-corrected chi connectivity index (χ2v) is 8.84. The quantitative estimate of drug-likeness (QED) is 0.225. The van der Waals surface area contributed by atoms with Crippen LogP contribution in [0.3, 0.4) is 0 Å². The number of hydrogen-bond donors (Lipinski definition) is 1. The average Bonchev–Trinajstić information content (AvgIpc) is 3.50. The van der Waals surface area contributed by atoms with E-state index in [4.69, 9.17) is 9.40 Å². The molecule has 0 saturated carbocycles. The Labute approximate surface area is 225 Å². The van der Waals surface area contributed by atoms with Crippen molar-refractivity contribution in [2.75, 3.05) is 4.90 Å². The molecule has 5 rings (SSSR count). The summed E-state index contributed by atoms with van der Waals surface area (Å²) in [6.07, 6.45) is 4.45. The maximum absolute atomic E-state index is 13.8. The molecule has 8 nitrogen and oxygen atoms in total. The molecule has 39 heavy (non-hydrogen) atoms. The number of carbonyl (C=O) groups is 1. The first-order valence-corrected chi connectivity index (χ1v) is 12.4. The van der Waals surface area contributed by atoms with Crippen LogP contribution >= 0.6 is 0 Å². The molecule has 1 amide bonds. The van der Waals surface area contributed by atoms with E-state index >= 15 is 0 Å². The second kappa shape index (κ2) is 11.8. The number of fused-ring (bicyclic) bond motifs is 1. The zero-order chi connectivity index (χ0) is 27.0. The Morgan fingerprint density at radius 1 is 0.949 bits per heavy atom. The molecule has 0 atom stereocenters. The van der Waals surface area contributed by atoms with Gasteiger partial charge < -0.3 is 14.6 Å². The van der Waals surface area contributed by atoms with Crippen molar-refractivity contribution in [2.24, 2.45) is 0 Å². The van der Waals surface area contributed by atoms with Gasteiger partial charge in [0.25, 0.3) is 11.5 Å². The maximum Gasteiger partial charge on any atom is 0.267 e. The Kier molecular flexibility index (Phi) is 7.61. The molecular formula is C31H25N5O3. The van der Waals surface area contributed by atoms with Crippen molar-refractivity contribution < 1.29 is 9.21 Å². The molecule has 0 radical (unpaired) electrons. The van der Waals surface area contributed by atoms with Gasteiger partial charge in [-0.25, -0.2) is 4.98 Å². The molecule has 3 heterocycles. The van der Waals surface area contributed by atoms with Crippen LogP contribution in [-0.2, 0) is 24.4 Å². The molecule has 0 bridgehead atoms. The minimum absolute atomic E-state index is 0.112. The number of nitriles is 1. The van der Waals surface area contributed by atoms with Crippen molar-refractivity contribution in [1.82, 2.24) is 14.7 Å². The summed E-state index contributed by atoms with van der Waals surface area (Å²) < 4.78 is 6.67. The number of hydrogen-bond acceptors (Lipinski definition) is 6. The van der Waals surface area contributed by atoms with E-state index in [1.54, 1.807) is 30.5 Å². The standard InChI is InChI=1S/C31H25N5O3/c32-19-25(30(37)33-20-26-14-9-17-39-26)18-27-29(34-28-15-7-8-16-36(28)31(27)38)35(21-23-10-3-1-4-11-23)22-24-12-5-2-6-13-24/h1-18H,20-22H2,(H,33,37)/b25-18+. The molecule has 0 aliphatic rings. The summed E-state index contributed by atoms with van der Waals surface area (Å²) in [5.41, 5.74) is 2.06. The van der Waals surface area contributed by atoms with Gasteiger partial charge in [-0.05, 0) is 41.5 Å². The number of carbonyl (C=O) groups excluding carboxylic acids is 1. The molecule has 0 aliphatic heterocycles. The van der Waals surface area contributed by atoms with Crippen LogP contribution in [-0.4, -0.2) is 15.3 Å². The minimum atomic E-state index is -0.616. The Morgan fingerprint density at radius 3 is 2.23 bits per heavy atom. The summed E-state index contributed by atoms with van der Waals surface area (Å²) in [6, 6.07) is 30.4. The number of rotatable bonds is 9. The van der Waals surface area contributed by atoms with E-state index in [-0.39, 0.29) is 23.2 Å². The topological polar surface area (TPSA) is 104 Å². The van der Waals surface area contributed by atoms with Crippen LogP contribution in [0.1, 0.15) is 22.5 Å². The second-order valence-electron chi connectivity index (χ2n) is 8.84. The zero-order valence-electron chi connectivity index (χ0n) is 21.0. The number of nitrogens with one attached hydrogen (secondary N) is 1. The Hall–Kier alpha value is -5.42. The Bertz CT molecular complexity index is 1660. The predicted molar refractivity (Wildman–Crippen MR) is 148 cm³/mol. The van der Waals surface area contributed by atoms with E-state index < -0.39 is 5.91 Å². The van der Waals surface area contributed by atoms with Gasteiger partial charge in [-0.2, -0.15) is 5.26 Å². The molecule has 0 aliphatic carbocycles. The molecule has 2 aromatic carbocycles. The molecule has 0 fully saturated rings. The first-order chi connectivity index (χ1) is 19.1. The van der Waals surface area contributed by atoms with Crippen LogP contribution in [0.2, 0.25) is 0 Å². The van der Waals surface area contributed by atoms with Gasteiger partial charge in [0.1, 0.15) is 28.9 Å². The van der Waals surface area contributed by atoms with Crippen molar-refractivity contribution >= 4 is 23.4 Å². The maximum atomic E-state index is 13.8. The van der Waals surface area contributed by atoms with Crippen LogP contribution in [0, 0.1) is 11.3 Å². The molecule has 0 saturated heterocycles. The highest BCUT2D eigenvalue weighted by molar-refractivity contribution is 6.02. The predicted octanol–water partition coefficient (Wildman–Crippen LogP) is 4.72. The summed E-state index contributed by atoms with van der Waals surface area (Å²) in [5, 5.41) is 12.5. The molecule has 5 aromatic rings. The first kappa shape index (κ1) is 25.2. The minimum Gasteiger partial charge on any atom is -0.467 e. The van der Waals surface area contributed by atoms with Crippen molar-refractivity contribution in [3.63, 3.8) is 0 Å². The molecule has 8 heteroatoms. The SMILES string of the molecule is N#C/C(=C\c1c(N(Cc2ccccc2)Cc2ccccc2)nc2ccccn2c1=O)C(=O)NCc1ccco1. The van der Waals surface area contributed by atoms with Crippen LogP contribution in [0.4, 0.5) is 5.82 Å². The van der Waals surface area contributed by atoms with Gasteiger partial charge in [0.2, 0.25) is 0 Å². The highest BCUT2D eigenvalue weighted by Crippen LogP contribution is 2.24. The van der Waals surface area contributed by atoms with Gasteiger partial charge in [-0.1, -0.05) is 66.7 Å². The number of amides is 1. The number of furan rings is 1. The normalized spacial score (nSPS) is 11.2. The lowest BCUT2D eigenvalue weighted by Gasteiger charge is -2.26. The third-order valence-corrected chi connectivity index (χ3v) is 6.14. The van der Waals surface area contributed by atoms with Crippen molar-refractivity contribution in [2.45, 2.75) is 19.6 Å². The fourth-order valence-electron chi connectivity index (χ4n) is 4.24. The van der Waals surface area contributed by atoms with Crippen LogP contribution in [0.5, 0.6) is 0 Å². The van der Waals surface area contributed by atoms with Crippen LogP contribution in [0.15, 0.2) is 118 Å². The van der Waals surface area contributed by atoms with E-state index in [1.807, 2.05) is 77.7 Å². The van der Waals surface area contributed by atoms with Gasteiger partial charge in [0, 0.05) is 19.3 Å². The lowest BCUT2D eigenvalue weighted by Crippen LogP contribution is -2.29. The van der Waals surface area contributed by atoms with Crippen LogP contribution in [0.25, 0.3) is 11.7 Å². The van der Waals surface area contributed by atoms with Crippen molar-refractivity contribution in [3.8, 4) is 6.07 Å². The fraction of sp³-hybridized carbons (Fsp3) is 0.0968. The highest BCUT2D eigenvalue weighted by atomic mass is 16.3. The number of nitrogens with zero attached hydrogens (tertiary/aromatic N) is 4. The first-order valence-electron chi connectivity index (χ1n) is 12.4. The van der Waals surface area contributed by atoms with E-state index in [0.717, 1.165) is 11.1 Å². The van der Waals surface area contributed by atoms with E-state index in [9.17, 15) is 14.9 Å². The lowest BCUT2D eigenvalue weighted by molar-refractivity contribution is -0.117.